The summed E-state index contributed by atoms with van der Waals surface area (Å²) in [5, 5.41) is 29.1. The fraction of sp³-hybridized carbons (Fsp3) is 0.0217. The van der Waals surface area contributed by atoms with E-state index in [2.05, 4.69) is 354 Å². The first-order valence-corrected chi connectivity index (χ1v) is 32.4. The van der Waals surface area contributed by atoms with Crippen LogP contribution >= 0.6 is 15.9 Å². The van der Waals surface area contributed by atoms with Gasteiger partial charge in [0.1, 0.15) is 5.75 Å². The van der Waals surface area contributed by atoms with Crippen LogP contribution in [0, 0.1) is 59.2 Å². The normalized spacial score (nSPS) is 10.3. The maximum Gasteiger partial charge on any atom is 0.569 e. The topological polar surface area (TPSA) is 29.5 Å². The summed E-state index contributed by atoms with van der Waals surface area (Å²) >= 11 is 3.76. The number of hydrogen-bond donors (Lipinski definition) is 1. The van der Waals surface area contributed by atoms with Crippen LogP contribution in [-0.2, 0) is 0 Å². The van der Waals surface area contributed by atoms with Crippen LogP contribution in [0.4, 0.5) is 0 Å². The fourth-order valence-electron chi connectivity index (χ4n) is 12.6. The molecular formula is C92H59BBrO2. The lowest BCUT2D eigenvalue weighted by molar-refractivity contribution is 0.454. The van der Waals surface area contributed by atoms with Crippen molar-refractivity contribution in [2.45, 2.75) is 13.8 Å². The first-order valence-electron chi connectivity index (χ1n) is 31.6. The molecule has 0 aliphatic heterocycles. The summed E-state index contributed by atoms with van der Waals surface area (Å²) in [6, 6.07) is 112. The van der Waals surface area contributed by atoms with E-state index in [4.69, 9.17) is 9.68 Å². The molecule has 0 bridgehead atoms. The lowest BCUT2D eigenvalue weighted by atomic mass is 9.87. The second-order valence-corrected chi connectivity index (χ2v) is 23.6. The third-order valence-corrected chi connectivity index (χ3v) is 17.5. The van der Waals surface area contributed by atoms with Crippen LogP contribution in [0.3, 0.4) is 0 Å². The third-order valence-electron chi connectivity index (χ3n) is 16.9. The highest BCUT2D eigenvalue weighted by Crippen LogP contribution is 2.44. The molecule has 0 aromatic heterocycles. The van der Waals surface area contributed by atoms with E-state index in [0.29, 0.717) is 13.4 Å². The van der Waals surface area contributed by atoms with Gasteiger partial charge >= 0.3 is 7.69 Å². The molecule has 0 aliphatic carbocycles. The van der Waals surface area contributed by atoms with E-state index in [1.54, 1.807) is 19.9 Å². The molecule has 96 heavy (non-hydrogen) atoms. The van der Waals surface area contributed by atoms with E-state index in [0.717, 1.165) is 15.6 Å². The zero-order chi connectivity index (χ0) is 65.4. The molecule has 0 saturated carbocycles. The van der Waals surface area contributed by atoms with E-state index in [1.165, 1.54) is 131 Å². The molecule has 0 atom stereocenters. The van der Waals surface area contributed by atoms with Gasteiger partial charge in [-0.3, -0.25) is 0 Å². The molecule has 0 saturated heterocycles. The summed E-state index contributed by atoms with van der Waals surface area (Å²) in [4.78, 5) is 0. The van der Waals surface area contributed by atoms with E-state index in [9.17, 15) is 0 Å². The van der Waals surface area contributed by atoms with Crippen LogP contribution in [0.15, 0.2) is 320 Å². The van der Waals surface area contributed by atoms with Crippen molar-refractivity contribution >= 4 is 110 Å². The Balaban J connectivity index is 0.000000127. The molecule has 0 spiro atoms. The molecule has 16 rings (SSSR count). The van der Waals surface area contributed by atoms with Crippen LogP contribution in [0.2, 0.25) is 0 Å². The van der Waals surface area contributed by atoms with E-state index in [1.807, 2.05) is 30.3 Å². The summed E-state index contributed by atoms with van der Waals surface area (Å²) in [7, 11) is 0.694. The molecule has 0 amide bonds. The van der Waals surface area contributed by atoms with Crippen molar-refractivity contribution in [2.24, 2.45) is 0 Å². The Labute approximate surface area is 570 Å². The van der Waals surface area contributed by atoms with Crippen molar-refractivity contribution in [1.82, 2.24) is 0 Å². The van der Waals surface area contributed by atoms with Gasteiger partial charge in [-0.1, -0.05) is 289 Å². The first-order chi connectivity index (χ1) is 47.4. The van der Waals surface area contributed by atoms with Gasteiger partial charge in [0.05, 0.1) is 0 Å². The Morgan fingerprint density at radius 3 is 1.05 bits per heavy atom. The van der Waals surface area contributed by atoms with Crippen molar-refractivity contribution < 1.29 is 9.68 Å². The van der Waals surface area contributed by atoms with Gasteiger partial charge in [0, 0.05) is 4.47 Å². The van der Waals surface area contributed by atoms with Gasteiger partial charge < -0.3 is 9.68 Å². The van der Waals surface area contributed by atoms with E-state index >= 15 is 0 Å². The monoisotopic (exact) mass is 1290 g/mol. The van der Waals surface area contributed by atoms with Gasteiger partial charge in [0.2, 0.25) is 0 Å². The molecule has 4 heteroatoms. The quantitative estimate of drug-likeness (QED) is 0.0979. The van der Waals surface area contributed by atoms with Gasteiger partial charge in [-0.25, -0.2) is 0 Å². The molecule has 0 unspecified atom stereocenters. The molecule has 449 valence electrons. The Morgan fingerprint density at radius 2 is 0.594 bits per heavy atom. The number of hydrogen-bond acceptors (Lipinski definition) is 2. The number of halogens is 1. The molecule has 16 aromatic carbocycles. The minimum atomic E-state index is 0.619. The standard InChI is InChI=1S/C40H26.C24H15Br.C16H12BO2.C12H6/c1-2-12-28(13-3-1)38-25-33-26-39(35-18-7-9-20-37(35)40(33)36-19-8-6-17-34(36)38)32-16-10-15-30(24-32)31-22-21-27-11-4-5-14-29(27)23-31;25-23-15-17-14-22(16-8-2-1-3-9-16)18-10-4-6-12-20(18)24(17)21-13-7-5-11-19(21)23;18-17-19-16-7-3-6-14(11-16)15-9-8-12-4-1-2-5-13(12)10-15;1-3-5-7-9-11-12-10-8-6-4-2/h1-26H;1-15H;1-11,18H;1-2H3. The van der Waals surface area contributed by atoms with Crippen LogP contribution in [0.1, 0.15) is 13.8 Å². The van der Waals surface area contributed by atoms with Crippen molar-refractivity contribution in [3.63, 3.8) is 0 Å². The van der Waals surface area contributed by atoms with Crippen molar-refractivity contribution in [3.05, 3.63) is 320 Å². The highest BCUT2D eigenvalue weighted by atomic mass is 79.9. The van der Waals surface area contributed by atoms with Crippen LogP contribution in [0.5, 0.6) is 5.75 Å². The second-order valence-electron chi connectivity index (χ2n) is 22.7. The Kier molecular flexibility index (Phi) is 19.5. The van der Waals surface area contributed by atoms with E-state index < -0.39 is 0 Å². The predicted molar refractivity (Wildman–Crippen MR) is 413 cm³/mol. The van der Waals surface area contributed by atoms with Crippen LogP contribution < -0.4 is 4.65 Å². The molecular weight excluding hydrogens is 1230 g/mol. The molecule has 1 N–H and O–H groups in total. The van der Waals surface area contributed by atoms with Crippen LogP contribution in [-0.4, -0.2) is 12.7 Å². The second kappa shape index (κ2) is 30.0. The zero-order valence-electron chi connectivity index (χ0n) is 52.8. The fourth-order valence-corrected chi connectivity index (χ4v) is 13.2. The summed E-state index contributed by atoms with van der Waals surface area (Å²) in [6.45, 7) is 3.44. The lowest BCUT2D eigenvalue weighted by Crippen LogP contribution is -1.99. The van der Waals surface area contributed by atoms with Gasteiger partial charge in [0.15, 0.2) is 0 Å². The largest absolute Gasteiger partial charge is 0.569 e. The summed E-state index contributed by atoms with van der Waals surface area (Å²) in [5.41, 5.74) is 12.2. The van der Waals surface area contributed by atoms with Crippen LogP contribution in [0.25, 0.3) is 142 Å². The maximum absolute atomic E-state index is 8.68. The van der Waals surface area contributed by atoms with Gasteiger partial charge in [-0.15, -0.1) is 0 Å². The summed E-state index contributed by atoms with van der Waals surface area (Å²) in [5.74, 6) is 26.2. The minimum Gasteiger partial charge on any atom is -0.537 e. The van der Waals surface area contributed by atoms with Gasteiger partial charge in [0.25, 0.3) is 0 Å². The molecule has 0 heterocycles. The summed E-state index contributed by atoms with van der Waals surface area (Å²) < 4.78 is 6.13. The average molecular weight is 1290 g/mol. The number of fused-ring (bicyclic) bond motifs is 12. The van der Waals surface area contributed by atoms with Gasteiger partial charge in [-0.05, 0) is 258 Å². The minimum absolute atomic E-state index is 0.619. The smallest absolute Gasteiger partial charge is 0.537 e. The molecule has 0 fully saturated rings. The molecule has 16 aromatic rings. The molecule has 0 aliphatic rings. The lowest BCUT2D eigenvalue weighted by Gasteiger charge is -2.16. The summed E-state index contributed by atoms with van der Waals surface area (Å²) in [6.07, 6.45) is 0. The average Bonchev–Trinajstić information content (AvgIpc) is 0.748. The Hall–Kier alpha value is -12.3. The SMILES string of the molecule is Brc1cc2cc(-c3ccccc3)c3ccccc3c2c2ccccc12.CC#CC#CC#CC#CC#CC.O[B]Oc1cccc(-c2ccc3ccccc3c2)c1.c1ccc(-c2cc3cc(-c4cccc(-c5ccc6ccccc6c5)c4)c4ccccc4c3c3ccccc23)cc1. The van der Waals surface area contributed by atoms with Crippen molar-refractivity contribution in [1.29, 1.82) is 0 Å². The number of rotatable bonds is 7. The molecule has 2 nitrogen and oxygen atoms in total. The maximum atomic E-state index is 8.68. The zero-order valence-corrected chi connectivity index (χ0v) is 54.4. The Bertz CT molecular complexity index is 5890. The van der Waals surface area contributed by atoms with Crippen molar-refractivity contribution in [2.75, 3.05) is 0 Å². The highest BCUT2D eigenvalue weighted by molar-refractivity contribution is 9.10. The molecule has 1 radical (unpaired) electrons. The van der Waals surface area contributed by atoms with E-state index in [-0.39, 0.29) is 0 Å². The predicted octanol–water partition coefficient (Wildman–Crippen LogP) is 23.3. The first kappa shape index (κ1) is 62.5. The third kappa shape index (κ3) is 13.9. The Morgan fingerprint density at radius 1 is 0.260 bits per heavy atom. The van der Waals surface area contributed by atoms with Crippen molar-refractivity contribution in [3.8, 4) is 121 Å². The number of benzene rings is 16. The highest BCUT2D eigenvalue weighted by Gasteiger charge is 2.17. The van der Waals surface area contributed by atoms with Gasteiger partial charge in [-0.2, -0.15) is 0 Å².